The second-order valence-corrected chi connectivity index (χ2v) is 3.26. The quantitative estimate of drug-likeness (QED) is 0.618. The lowest BCUT2D eigenvalue weighted by Gasteiger charge is -2.06. The highest BCUT2D eigenvalue weighted by Crippen LogP contribution is 2.25. The third-order valence-corrected chi connectivity index (χ3v) is 2.04. The molecule has 0 unspecified atom stereocenters. The summed E-state index contributed by atoms with van der Waals surface area (Å²) in [5.74, 6) is 0. The summed E-state index contributed by atoms with van der Waals surface area (Å²) < 4.78 is 28.3. The number of nitro benzene ring substituents is 1. The standard InChI is InChI=1S/C10H12F2N2O3/c1-13-8-3-2-7(4-9(8)14(15)16)5-17-6-10(11)12/h2-4,10,13H,5-6H2,1H3. The summed E-state index contributed by atoms with van der Waals surface area (Å²) >= 11 is 0. The van der Waals surface area contributed by atoms with E-state index in [0.29, 0.717) is 11.3 Å². The number of anilines is 1. The number of hydrogen-bond acceptors (Lipinski definition) is 4. The Bertz CT molecular complexity index is 399. The Morgan fingerprint density at radius 2 is 2.24 bits per heavy atom. The van der Waals surface area contributed by atoms with E-state index in [1.807, 2.05) is 0 Å². The van der Waals surface area contributed by atoms with E-state index in [-0.39, 0.29) is 12.3 Å². The molecule has 0 atom stereocenters. The number of nitrogens with zero attached hydrogens (tertiary/aromatic N) is 1. The third-order valence-electron chi connectivity index (χ3n) is 2.04. The molecule has 0 saturated carbocycles. The molecule has 1 aromatic rings. The number of rotatable bonds is 6. The summed E-state index contributed by atoms with van der Waals surface area (Å²) in [7, 11) is 1.56. The van der Waals surface area contributed by atoms with Crippen LogP contribution in [-0.4, -0.2) is 25.0 Å². The Balaban J connectivity index is 2.74. The summed E-state index contributed by atoms with van der Waals surface area (Å²) in [5, 5.41) is 13.4. The molecule has 0 aliphatic carbocycles. The molecular weight excluding hydrogens is 234 g/mol. The lowest BCUT2D eigenvalue weighted by atomic mass is 10.2. The lowest BCUT2D eigenvalue weighted by molar-refractivity contribution is -0.384. The Labute approximate surface area is 96.5 Å². The molecule has 0 aromatic heterocycles. The van der Waals surface area contributed by atoms with Crippen LogP contribution in [0.5, 0.6) is 0 Å². The van der Waals surface area contributed by atoms with E-state index in [1.165, 1.54) is 12.1 Å². The molecule has 94 valence electrons. The van der Waals surface area contributed by atoms with Crippen molar-refractivity contribution in [3.05, 3.63) is 33.9 Å². The number of nitrogens with one attached hydrogen (secondary N) is 1. The smallest absolute Gasteiger partial charge is 0.292 e. The lowest BCUT2D eigenvalue weighted by Crippen LogP contribution is -2.05. The summed E-state index contributed by atoms with van der Waals surface area (Å²) in [4.78, 5) is 10.2. The molecule has 17 heavy (non-hydrogen) atoms. The van der Waals surface area contributed by atoms with Gasteiger partial charge in [-0.3, -0.25) is 10.1 Å². The molecule has 0 bridgehead atoms. The van der Waals surface area contributed by atoms with Crippen LogP contribution in [0.2, 0.25) is 0 Å². The highest BCUT2D eigenvalue weighted by atomic mass is 19.3. The van der Waals surface area contributed by atoms with Crippen molar-refractivity contribution < 1.29 is 18.4 Å². The number of nitro groups is 1. The normalized spacial score (nSPS) is 10.6. The largest absolute Gasteiger partial charge is 0.383 e. The molecule has 1 aromatic carbocycles. The van der Waals surface area contributed by atoms with Gasteiger partial charge in [-0.05, 0) is 11.6 Å². The van der Waals surface area contributed by atoms with Crippen LogP contribution in [0, 0.1) is 10.1 Å². The second-order valence-electron chi connectivity index (χ2n) is 3.26. The monoisotopic (exact) mass is 246 g/mol. The molecule has 0 spiro atoms. The fraction of sp³-hybridized carbons (Fsp3) is 0.400. The number of alkyl halides is 2. The molecule has 0 aliphatic heterocycles. The zero-order valence-corrected chi connectivity index (χ0v) is 9.15. The van der Waals surface area contributed by atoms with Crippen LogP contribution >= 0.6 is 0 Å². The average Bonchev–Trinajstić information content (AvgIpc) is 2.28. The Hall–Kier alpha value is -1.76. The van der Waals surface area contributed by atoms with E-state index >= 15 is 0 Å². The molecule has 0 saturated heterocycles. The minimum absolute atomic E-state index is 0.0742. The van der Waals surface area contributed by atoms with Crippen LogP contribution < -0.4 is 5.32 Å². The van der Waals surface area contributed by atoms with Gasteiger partial charge in [-0.15, -0.1) is 0 Å². The van der Waals surface area contributed by atoms with Crippen LogP contribution in [0.25, 0.3) is 0 Å². The number of halogens is 2. The van der Waals surface area contributed by atoms with Crippen LogP contribution in [-0.2, 0) is 11.3 Å². The highest BCUT2D eigenvalue weighted by Gasteiger charge is 2.13. The van der Waals surface area contributed by atoms with Crippen molar-refractivity contribution in [1.29, 1.82) is 0 Å². The van der Waals surface area contributed by atoms with E-state index in [2.05, 4.69) is 5.32 Å². The maximum Gasteiger partial charge on any atom is 0.292 e. The summed E-state index contributed by atoms with van der Waals surface area (Å²) in [6.45, 7) is -0.753. The first kappa shape index (κ1) is 13.3. The number of hydrogen-bond donors (Lipinski definition) is 1. The van der Waals surface area contributed by atoms with Crippen LogP contribution in [0.1, 0.15) is 5.56 Å². The third kappa shape index (κ3) is 3.95. The maximum absolute atomic E-state index is 11.8. The molecule has 0 heterocycles. The SMILES string of the molecule is CNc1ccc(COCC(F)F)cc1[N+](=O)[O-]. The Kier molecular flexibility index (Phi) is 4.77. The van der Waals surface area contributed by atoms with Crippen molar-refractivity contribution in [1.82, 2.24) is 0 Å². The van der Waals surface area contributed by atoms with E-state index in [1.54, 1.807) is 13.1 Å². The van der Waals surface area contributed by atoms with Crippen molar-refractivity contribution in [2.24, 2.45) is 0 Å². The molecule has 1 rings (SSSR count). The zero-order chi connectivity index (χ0) is 12.8. The Morgan fingerprint density at radius 1 is 1.53 bits per heavy atom. The zero-order valence-electron chi connectivity index (χ0n) is 9.15. The van der Waals surface area contributed by atoms with Crippen LogP contribution in [0.4, 0.5) is 20.2 Å². The topological polar surface area (TPSA) is 64.4 Å². The van der Waals surface area contributed by atoms with Gasteiger partial charge in [0.05, 0.1) is 11.5 Å². The van der Waals surface area contributed by atoms with Crippen molar-refractivity contribution in [3.63, 3.8) is 0 Å². The van der Waals surface area contributed by atoms with Gasteiger partial charge in [-0.25, -0.2) is 8.78 Å². The first-order valence-corrected chi connectivity index (χ1v) is 4.85. The Morgan fingerprint density at radius 3 is 2.76 bits per heavy atom. The van der Waals surface area contributed by atoms with E-state index in [4.69, 9.17) is 4.74 Å². The van der Waals surface area contributed by atoms with Gasteiger partial charge in [0.15, 0.2) is 0 Å². The summed E-state index contributed by atoms with van der Waals surface area (Å²) in [6.07, 6.45) is -2.54. The van der Waals surface area contributed by atoms with Gasteiger partial charge in [0.25, 0.3) is 12.1 Å². The van der Waals surface area contributed by atoms with Crippen molar-refractivity contribution in [2.45, 2.75) is 13.0 Å². The van der Waals surface area contributed by atoms with E-state index in [9.17, 15) is 18.9 Å². The van der Waals surface area contributed by atoms with Crippen LogP contribution in [0.3, 0.4) is 0 Å². The summed E-state index contributed by atoms with van der Waals surface area (Å²) in [6, 6.07) is 4.40. The van der Waals surface area contributed by atoms with Gasteiger partial charge in [0, 0.05) is 13.1 Å². The van der Waals surface area contributed by atoms with Crippen molar-refractivity contribution in [3.8, 4) is 0 Å². The predicted molar refractivity (Wildman–Crippen MR) is 58.3 cm³/mol. The fourth-order valence-electron chi connectivity index (χ4n) is 1.30. The second kappa shape index (κ2) is 6.09. The average molecular weight is 246 g/mol. The fourth-order valence-corrected chi connectivity index (χ4v) is 1.30. The number of benzene rings is 1. The summed E-state index contributed by atoms with van der Waals surface area (Å²) in [5.41, 5.74) is 0.745. The van der Waals surface area contributed by atoms with Crippen molar-refractivity contribution in [2.75, 3.05) is 19.0 Å². The highest BCUT2D eigenvalue weighted by molar-refractivity contribution is 5.62. The van der Waals surface area contributed by atoms with Gasteiger partial charge >= 0.3 is 0 Å². The molecule has 0 radical (unpaired) electrons. The minimum Gasteiger partial charge on any atom is -0.383 e. The predicted octanol–water partition coefficient (Wildman–Crippen LogP) is 2.42. The van der Waals surface area contributed by atoms with Gasteiger partial charge in [-0.2, -0.15) is 0 Å². The van der Waals surface area contributed by atoms with E-state index in [0.717, 1.165) is 0 Å². The van der Waals surface area contributed by atoms with Gasteiger partial charge in [0.2, 0.25) is 0 Å². The van der Waals surface area contributed by atoms with E-state index < -0.39 is 18.0 Å². The van der Waals surface area contributed by atoms with Gasteiger partial charge in [0.1, 0.15) is 12.3 Å². The molecule has 7 heteroatoms. The van der Waals surface area contributed by atoms with Gasteiger partial charge in [-0.1, -0.05) is 6.07 Å². The molecule has 0 aliphatic rings. The maximum atomic E-state index is 11.8. The molecular formula is C10H12F2N2O3. The van der Waals surface area contributed by atoms with Crippen LogP contribution in [0.15, 0.2) is 18.2 Å². The molecule has 1 N–H and O–H groups in total. The number of ether oxygens (including phenoxy) is 1. The minimum atomic E-state index is -2.54. The molecule has 5 nitrogen and oxygen atoms in total. The first-order chi connectivity index (χ1) is 8.04. The van der Waals surface area contributed by atoms with Gasteiger partial charge < -0.3 is 10.1 Å². The molecule has 0 amide bonds. The molecule has 0 fully saturated rings. The van der Waals surface area contributed by atoms with Crippen molar-refractivity contribution >= 4 is 11.4 Å². The first-order valence-electron chi connectivity index (χ1n) is 4.85.